The first kappa shape index (κ1) is 14.3. The van der Waals surface area contributed by atoms with Crippen molar-refractivity contribution in [3.63, 3.8) is 0 Å². The van der Waals surface area contributed by atoms with Gasteiger partial charge in [0, 0.05) is 19.0 Å². The van der Waals surface area contributed by atoms with Crippen molar-refractivity contribution in [3.8, 4) is 5.75 Å². The second kappa shape index (κ2) is 7.57. The van der Waals surface area contributed by atoms with Crippen LogP contribution < -0.4 is 10.1 Å². The number of hydrogen-bond acceptors (Lipinski definition) is 2. The molecule has 0 spiro atoms. The molecule has 0 fully saturated rings. The molecule has 0 saturated heterocycles. The molecule has 0 saturated carbocycles. The first-order valence-corrected chi connectivity index (χ1v) is 6.68. The average Bonchev–Trinajstić information content (AvgIpc) is 2.28. The summed E-state index contributed by atoms with van der Waals surface area (Å²) in [6.45, 7) is 8.79. The minimum absolute atomic E-state index is 0.487. The van der Waals surface area contributed by atoms with Crippen LogP contribution in [0.4, 0.5) is 0 Å². The van der Waals surface area contributed by atoms with Crippen molar-refractivity contribution in [3.05, 3.63) is 29.3 Å². The molecule has 96 valence electrons. The summed E-state index contributed by atoms with van der Waals surface area (Å²) in [6.07, 6.45) is 0. The van der Waals surface area contributed by atoms with E-state index >= 15 is 0 Å². The van der Waals surface area contributed by atoms with Crippen molar-refractivity contribution >= 4 is 11.6 Å². The molecule has 0 amide bonds. The van der Waals surface area contributed by atoms with Crippen LogP contribution >= 0.6 is 11.6 Å². The first-order chi connectivity index (χ1) is 8.15. The predicted molar refractivity (Wildman–Crippen MR) is 74.4 cm³/mol. The molecule has 0 aliphatic heterocycles. The molecule has 0 bridgehead atoms. The van der Waals surface area contributed by atoms with Gasteiger partial charge in [-0.25, -0.2) is 0 Å². The molecule has 2 nitrogen and oxygen atoms in total. The fourth-order valence-electron chi connectivity index (χ4n) is 1.67. The minimum Gasteiger partial charge on any atom is -0.492 e. The van der Waals surface area contributed by atoms with Gasteiger partial charge < -0.3 is 10.1 Å². The van der Waals surface area contributed by atoms with E-state index in [1.165, 1.54) is 11.1 Å². The van der Waals surface area contributed by atoms with Gasteiger partial charge in [0.05, 0.1) is 0 Å². The van der Waals surface area contributed by atoms with Gasteiger partial charge in [-0.05, 0) is 30.0 Å². The summed E-state index contributed by atoms with van der Waals surface area (Å²) in [4.78, 5) is 0. The lowest BCUT2D eigenvalue weighted by atomic mass is 10.0. The Bertz CT molecular complexity index is 339. The summed E-state index contributed by atoms with van der Waals surface area (Å²) < 4.78 is 5.82. The summed E-state index contributed by atoms with van der Waals surface area (Å²) in [6, 6.07) is 6.40. The summed E-state index contributed by atoms with van der Waals surface area (Å²) in [5.74, 6) is 2.14. The lowest BCUT2D eigenvalue weighted by Gasteiger charge is -2.15. The van der Waals surface area contributed by atoms with E-state index in [9.17, 15) is 0 Å². The maximum atomic E-state index is 5.82. The zero-order valence-electron chi connectivity index (χ0n) is 10.9. The van der Waals surface area contributed by atoms with Crippen molar-refractivity contribution in [1.82, 2.24) is 5.32 Å². The summed E-state index contributed by atoms with van der Waals surface area (Å²) in [5.41, 5.74) is 2.51. The van der Waals surface area contributed by atoms with E-state index in [-0.39, 0.29) is 0 Å². The Labute approximate surface area is 109 Å². The number of ether oxygens (including phenoxy) is 1. The highest BCUT2D eigenvalue weighted by molar-refractivity contribution is 6.18. The Morgan fingerprint density at radius 3 is 2.71 bits per heavy atom. The zero-order chi connectivity index (χ0) is 12.7. The van der Waals surface area contributed by atoms with Crippen LogP contribution in [-0.2, 0) is 0 Å². The number of aryl methyl sites for hydroxylation is 1. The number of benzene rings is 1. The van der Waals surface area contributed by atoms with E-state index in [4.69, 9.17) is 16.3 Å². The third-order valence-corrected chi connectivity index (χ3v) is 2.79. The van der Waals surface area contributed by atoms with Crippen molar-refractivity contribution in [1.29, 1.82) is 0 Å². The predicted octanol–water partition coefficient (Wildman–Crippen LogP) is 3.33. The monoisotopic (exact) mass is 255 g/mol. The van der Waals surface area contributed by atoms with Gasteiger partial charge in [0.25, 0.3) is 0 Å². The van der Waals surface area contributed by atoms with Gasteiger partial charge in [0.1, 0.15) is 12.4 Å². The van der Waals surface area contributed by atoms with Gasteiger partial charge in [-0.2, -0.15) is 0 Å². The van der Waals surface area contributed by atoms with Crippen LogP contribution in [0.25, 0.3) is 0 Å². The molecule has 1 aromatic carbocycles. The lowest BCUT2D eigenvalue weighted by molar-refractivity contribution is 0.311. The number of halogens is 1. The normalized spacial score (nSPS) is 10.9. The Balaban J connectivity index is 2.53. The fraction of sp³-hybridized carbons (Fsp3) is 0.571. The summed E-state index contributed by atoms with van der Waals surface area (Å²) in [5, 5.41) is 3.21. The number of alkyl halides is 1. The highest BCUT2D eigenvalue weighted by Crippen LogP contribution is 2.27. The number of rotatable bonds is 7. The molecule has 0 aliphatic rings. The Morgan fingerprint density at radius 1 is 1.29 bits per heavy atom. The molecular weight excluding hydrogens is 234 g/mol. The average molecular weight is 256 g/mol. The minimum atomic E-state index is 0.487. The molecule has 1 N–H and O–H groups in total. The highest BCUT2D eigenvalue weighted by atomic mass is 35.5. The van der Waals surface area contributed by atoms with E-state index in [1.54, 1.807) is 0 Å². The lowest BCUT2D eigenvalue weighted by Crippen LogP contribution is -2.23. The molecule has 0 unspecified atom stereocenters. The van der Waals surface area contributed by atoms with Gasteiger partial charge in [0.15, 0.2) is 0 Å². The van der Waals surface area contributed by atoms with Crippen molar-refractivity contribution in [2.45, 2.75) is 26.7 Å². The van der Waals surface area contributed by atoms with Gasteiger partial charge in [-0.3, -0.25) is 0 Å². The van der Waals surface area contributed by atoms with Gasteiger partial charge >= 0.3 is 0 Å². The fourth-order valence-corrected chi connectivity index (χ4v) is 1.80. The Morgan fingerprint density at radius 2 is 2.06 bits per heavy atom. The summed E-state index contributed by atoms with van der Waals surface area (Å²) >= 11 is 5.58. The molecule has 0 aliphatic carbocycles. The maximum absolute atomic E-state index is 5.82. The molecule has 1 aromatic rings. The van der Waals surface area contributed by atoms with Crippen LogP contribution in [0.3, 0.4) is 0 Å². The van der Waals surface area contributed by atoms with Crippen molar-refractivity contribution in [2.24, 2.45) is 0 Å². The first-order valence-electron chi connectivity index (χ1n) is 6.15. The quantitative estimate of drug-likeness (QED) is 0.596. The smallest absolute Gasteiger partial charge is 0.123 e. The van der Waals surface area contributed by atoms with Crippen LogP contribution in [-0.4, -0.2) is 25.6 Å². The topological polar surface area (TPSA) is 21.3 Å². The molecule has 3 heteroatoms. The van der Waals surface area contributed by atoms with E-state index in [0.29, 0.717) is 18.4 Å². The highest BCUT2D eigenvalue weighted by Gasteiger charge is 2.07. The largest absolute Gasteiger partial charge is 0.492 e. The standard InChI is InChI=1S/C14H22ClNO/c1-11(2)13-5-4-12(3)10-14(13)17-9-8-16-7-6-15/h4-5,10-11,16H,6-9H2,1-3H3. The van der Waals surface area contributed by atoms with Crippen LogP contribution in [0.5, 0.6) is 5.75 Å². The second-order valence-electron chi connectivity index (χ2n) is 4.48. The van der Waals surface area contributed by atoms with Gasteiger partial charge in [-0.1, -0.05) is 26.0 Å². The van der Waals surface area contributed by atoms with E-state index in [2.05, 4.69) is 44.3 Å². The molecule has 0 atom stereocenters. The van der Waals surface area contributed by atoms with Crippen LogP contribution in [0, 0.1) is 6.92 Å². The Kier molecular flexibility index (Phi) is 6.38. The SMILES string of the molecule is Cc1ccc(C(C)C)c(OCCNCCCl)c1. The van der Waals surface area contributed by atoms with E-state index < -0.39 is 0 Å². The third kappa shape index (κ3) is 4.97. The van der Waals surface area contributed by atoms with Gasteiger partial charge in [-0.15, -0.1) is 11.6 Å². The van der Waals surface area contributed by atoms with Crippen molar-refractivity contribution in [2.75, 3.05) is 25.6 Å². The van der Waals surface area contributed by atoms with E-state index in [0.717, 1.165) is 18.8 Å². The van der Waals surface area contributed by atoms with Crippen LogP contribution in [0.15, 0.2) is 18.2 Å². The van der Waals surface area contributed by atoms with Crippen molar-refractivity contribution < 1.29 is 4.74 Å². The molecule has 0 heterocycles. The molecule has 0 aromatic heterocycles. The molecule has 1 rings (SSSR count). The molecule has 17 heavy (non-hydrogen) atoms. The Hall–Kier alpha value is -0.730. The van der Waals surface area contributed by atoms with Gasteiger partial charge in [0.2, 0.25) is 0 Å². The number of hydrogen-bond donors (Lipinski definition) is 1. The van der Waals surface area contributed by atoms with E-state index in [1.807, 2.05) is 0 Å². The van der Waals surface area contributed by atoms with Crippen LogP contribution in [0.1, 0.15) is 30.9 Å². The zero-order valence-corrected chi connectivity index (χ0v) is 11.7. The maximum Gasteiger partial charge on any atom is 0.123 e. The number of nitrogens with one attached hydrogen (secondary N) is 1. The van der Waals surface area contributed by atoms with Crippen LogP contribution in [0.2, 0.25) is 0 Å². The molecular formula is C14H22ClNO. The molecule has 0 radical (unpaired) electrons. The second-order valence-corrected chi connectivity index (χ2v) is 4.86. The summed E-state index contributed by atoms with van der Waals surface area (Å²) in [7, 11) is 0. The third-order valence-electron chi connectivity index (χ3n) is 2.60.